The summed E-state index contributed by atoms with van der Waals surface area (Å²) in [5, 5.41) is 11.9. The van der Waals surface area contributed by atoms with Crippen molar-refractivity contribution in [2.45, 2.75) is 51.9 Å². The number of carbonyl (C=O) groups excluding carboxylic acids is 1. The molecule has 1 amide bonds. The molecule has 0 atom stereocenters. The van der Waals surface area contributed by atoms with Gasteiger partial charge in [0, 0.05) is 6.54 Å². The number of rotatable bonds is 6. The van der Waals surface area contributed by atoms with Gasteiger partial charge in [0.05, 0.1) is 0 Å². The van der Waals surface area contributed by atoms with Crippen LogP contribution in [-0.2, 0) is 9.59 Å². The standard InChI is InChI=1S/C12H21NO3/c1-2-3-6-9-13-10(14)12(11(15)16)7-4-5-8-12/h2-9H2,1H3,(H,13,14)(H,15,16). The first-order valence-electron chi connectivity index (χ1n) is 6.15. The van der Waals surface area contributed by atoms with Gasteiger partial charge in [-0.05, 0) is 19.3 Å². The zero-order valence-corrected chi connectivity index (χ0v) is 9.92. The van der Waals surface area contributed by atoms with Crippen LogP contribution >= 0.6 is 0 Å². The average Bonchev–Trinajstić information content (AvgIpc) is 2.74. The van der Waals surface area contributed by atoms with E-state index in [1.165, 1.54) is 0 Å². The molecule has 0 bridgehead atoms. The van der Waals surface area contributed by atoms with Gasteiger partial charge < -0.3 is 10.4 Å². The molecular weight excluding hydrogens is 206 g/mol. The van der Waals surface area contributed by atoms with Gasteiger partial charge in [-0.25, -0.2) is 0 Å². The highest BCUT2D eigenvalue weighted by molar-refractivity contribution is 6.02. The van der Waals surface area contributed by atoms with Crippen LogP contribution in [0.25, 0.3) is 0 Å². The summed E-state index contributed by atoms with van der Waals surface area (Å²) in [4.78, 5) is 23.1. The second-order valence-electron chi connectivity index (χ2n) is 4.56. The van der Waals surface area contributed by atoms with E-state index in [1.807, 2.05) is 0 Å². The first kappa shape index (κ1) is 13.0. The lowest BCUT2D eigenvalue weighted by atomic mass is 9.85. The van der Waals surface area contributed by atoms with Crippen molar-refractivity contribution < 1.29 is 14.7 Å². The molecule has 0 heterocycles. The summed E-state index contributed by atoms with van der Waals surface area (Å²) in [6.07, 6.45) is 5.76. The maximum atomic E-state index is 11.9. The first-order valence-corrected chi connectivity index (χ1v) is 6.15. The summed E-state index contributed by atoms with van der Waals surface area (Å²) < 4.78 is 0. The van der Waals surface area contributed by atoms with Gasteiger partial charge in [-0.1, -0.05) is 32.6 Å². The highest BCUT2D eigenvalue weighted by Crippen LogP contribution is 2.38. The van der Waals surface area contributed by atoms with Crippen molar-refractivity contribution in [2.24, 2.45) is 5.41 Å². The topological polar surface area (TPSA) is 66.4 Å². The second-order valence-corrected chi connectivity index (χ2v) is 4.56. The predicted molar refractivity (Wildman–Crippen MR) is 61.1 cm³/mol. The minimum atomic E-state index is -1.13. The van der Waals surface area contributed by atoms with Gasteiger partial charge in [-0.15, -0.1) is 0 Å². The highest BCUT2D eigenvalue weighted by atomic mass is 16.4. The van der Waals surface area contributed by atoms with Crippen LogP contribution in [0.15, 0.2) is 0 Å². The van der Waals surface area contributed by atoms with Crippen LogP contribution in [0.4, 0.5) is 0 Å². The fourth-order valence-corrected chi connectivity index (χ4v) is 2.26. The molecule has 0 aromatic heterocycles. The lowest BCUT2D eigenvalue weighted by Crippen LogP contribution is -2.45. The van der Waals surface area contributed by atoms with Gasteiger partial charge in [0.2, 0.25) is 5.91 Å². The summed E-state index contributed by atoms with van der Waals surface area (Å²) in [5.74, 6) is -1.24. The number of aliphatic carboxylic acids is 1. The van der Waals surface area contributed by atoms with Crippen molar-refractivity contribution in [3.63, 3.8) is 0 Å². The average molecular weight is 227 g/mol. The molecule has 2 N–H and O–H groups in total. The Hall–Kier alpha value is -1.06. The summed E-state index contributed by atoms with van der Waals surface area (Å²) >= 11 is 0. The van der Waals surface area contributed by atoms with E-state index in [0.717, 1.165) is 32.1 Å². The van der Waals surface area contributed by atoms with E-state index in [-0.39, 0.29) is 5.91 Å². The zero-order valence-electron chi connectivity index (χ0n) is 9.92. The van der Waals surface area contributed by atoms with E-state index in [2.05, 4.69) is 12.2 Å². The van der Waals surface area contributed by atoms with E-state index in [0.29, 0.717) is 19.4 Å². The van der Waals surface area contributed by atoms with Crippen LogP contribution in [0, 0.1) is 5.41 Å². The third kappa shape index (κ3) is 2.74. The Kier molecular flexibility index (Phi) is 4.77. The lowest BCUT2D eigenvalue weighted by molar-refractivity contribution is -0.155. The Bertz CT molecular complexity index is 257. The van der Waals surface area contributed by atoms with Crippen LogP contribution in [-0.4, -0.2) is 23.5 Å². The van der Waals surface area contributed by atoms with E-state index in [1.54, 1.807) is 0 Å². The molecule has 1 fully saturated rings. The molecular formula is C12H21NO3. The Morgan fingerprint density at radius 2 is 1.88 bits per heavy atom. The van der Waals surface area contributed by atoms with Crippen molar-refractivity contribution in [2.75, 3.05) is 6.54 Å². The molecule has 92 valence electrons. The molecule has 1 saturated carbocycles. The summed E-state index contributed by atoms with van der Waals surface area (Å²) in [6.45, 7) is 2.69. The molecule has 1 rings (SSSR count). The molecule has 0 aliphatic heterocycles. The molecule has 4 nitrogen and oxygen atoms in total. The van der Waals surface area contributed by atoms with E-state index in [9.17, 15) is 14.7 Å². The van der Waals surface area contributed by atoms with Crippen LogP contribution < -0.4 is 5.32 Å². The minimum absolute atomic E-state index is 0.284. The number of nitrogens with one attached hydrogen (secondary N) is 1. The number of carboxylic acids is 1. The van der Waals surface area contributed by atoms with Crippen molar-refractivity contribution in [3.8, 4) is 0 Å². The zero-order chi connectivity index (χ0) is 12.0. The Morgan fingerprint density at radius 1 is 1.25 bits per heavy atom. The molecule has 1 aliphatic rings. The van der Waals surface area contributed by atoms with Crippen LogP contribution in [0.3, 0.4) is 0 Å². The third-order valence-corrected chi connectivity index (χ3v) is 3.37. The van der Waals surface area contributed by atoms with Gasteiger partial charge in [0.1, 0.15) is 5.41 Å². The van der Waals surface area contributed by atoms with Crippen LogP contribution in [0.1, 0.15) is 51.9 Å². The van der Waals surface area contributed by atoms with Gasteiger partial charge in [-0.3, -0.25) is 9.59 Å². The SMILES string of the molecule is CCCCCNC(=O)C1(C(=O)O)CCCC1. The number of amides is 1. The Balaban J connectivity index is 2.46. The van der Waals surface area contributed by atoms with Gasteiger partial charge in [-0.2, -0.15) is 0 Å². The van der Waals surface area contributed by atoms with Crippen molar-refractivity contribution >= 4 is 11.9 Å². The van der Waals surface area contributed by atoms with Crippen LogP contribution in [0.2, 0.25) is 0 Å². The number of carboxylic acid groups (broad SMARTS) is 1. The van der Waals surface area contributed by atoms with Crippen molar-refractivity contribution in [3.05, 3.63) is 0 Å². The number of hydrogen-bond donors (Lipinski definition) is 2. The summed E-state index contributed by atoms with van der Waals surface area (Å²) in [5.41, 5.74) is -1.13. The quantitative estimate of drug-likeness (QED) is 0.538. The third-order valence-electron chi connectivity index (χ3n) is 3.37. The molecule has 0 saturated heterocycles. The molecule has 0 spiro atoms. The van der Waals surface area contributed by atoms with Crippen molar-refractivity contribution in [1.82, 2.24) is 5.32 Å². The maximum Gasteiger partial charge on any atom is 0.319 e. The fraction of sp³-hybridized carbons (Fsp3) is 0.833. The predicted octanol–water partition coefficient (Wildman–Crippen LogP) is 1.94. The lowest BCUT2D eigenvalue weighted by Gasteiger charge is -2.22. The number of hydrogen-bond acceptors (Lipinski definition) is 2. The minimum Gasteiger partial charge on any atom is -0.480 e. The fourth-order valence-electron chi connectivity index (χ4n) is 2.26. The maximum absolute atomic E-state index is 11.9. The first-order chi connectivity index (χ1) is 7.63. The molecule has 4 heteroatoms. The van der Waals surface area contributed by atoms with E-state index in [4.69, 9.17) is 0 Å². The smallest absolute Gasteiger partial charge is 0.319 e. The summed E-state index contributed by atoms with van der Waals surface area (Å²) in [6, 6.07) is 0. The molecule has 16 heavy (non-hydrogen) atoms. The monoisotopic (exact) mass is 227 g/mol. The largest absolute Gasteiger partial charge is 0.480 e. The molecule has 0 aromatic rings. The second kappa shape index (κ2) is 5.87. The van der Waals surface area contributed by atoms with Gasteiger partial charge in [0.25, 0.3) is 0 Å². The molecule has 1 aliphatic carbocycles. The Morgan fingerprint density at radius 3 is 2.38 bits per heavy atom. The van der Waals surface area contributed by atoms with E-state index >= 15 is 0 Å². The van der Waals surface area contributed by atoms with Crippen molar-refractivity contribution in [1.29, 1.82) is 0 Å². The Labute approximate surface area is 96.4 Å². The number of carbonyl (C=O) groups is 2. The van der Waals surface area contributed by atoms with Gasteiger partial charge >= 0.3 is 5.97 Å². The number of unbranched alkanes of at least 4 members (excludes halogenated alkanes) is 2. The molecule has 0 aromatic carbocycles. The normalized spacial score (nSPS) is 18.3. The molecule has 0 unspecified atom stereocenters. The summed E-state index contributed by atoms with van der Waals surface area (Å²) in [7, 11) is 0. The van der Waals surface area contributed by atoms with Crippen LogP contribution in [0.5, 0.6) is 0 Å². The van der Waals surface area contributed by atoms with E-state index < -0.39 is 11.4 Å². The molecule has 0 radical (unpaired) electrons. The van der Waals surface area contributed by atoms with Gasteiger partial charge in [0.15, 0.2) is 0 Å². The highest BCUT2D eigenvalue weighted by Gasteiger charge is 2.47.